The Morgan fingerprint density at radius 2 is 1.85 bits per heavy atom. The highest BCUT2D eigenvalue weighted by Crippen LogP contribution is 2.12. The lowest BCUT2D eigenvalue weighted by Gasteiger charge is -2.05. The predicted octanol–water partition coefficient (Wildman–Crippen LogP) is 3.95. The molecule has 0 heterocycles. The van der Waals surface area contributed by atoms with E-state index >= 15 is 0 Å². The molecule has 1 aromatic carbocycles. The van der Waals surface area contributed by atoms with E-state index in [0.717, 1.165) is 19.3 Å². The average Bonchev–Trinajstić information content (AvgIpc) is 2.16. The van der Waals surface area contributed by atoms with Crippen molar-refractivity contribution < 1.29 is 0 Å². The number of alkyl halides is 1. The number of hydrogen-bond donors (Lipinski definition) is 0. The zero-order valence-electron chi connectivity index (χ0n) is 8.39. The molecule has 1 rings (SSSR count). The highest BCUT2D eigenvalue weighted by Gasteiger charge is 2.01. The van der Waals surface area contributed by atoms with Gasteiger partial charge < -0.3 is 0 Å². The van der Waals surface area contributed by atoms with E-state index in [0.29, 0.717) is 5.38 Å². The first-order chi connectivity index (χ1) is 6.22. The van der Waals surface area contributed by atoms with Crippen molar-refractivity contribution in [2.24, 2.45) is 0 Å². The van der Waals surface area contributed by atoms with Gasteiger partial charge in [0.15, 0.2) is 0 Å². The monoisotopic (exact) mass is 196 g/mol. The minimum absolute atomic E-state index is 0.335. The van der Waals surface area contributed by atoms with Crippen LogP contribution >= 0.6 is 11.6 Å². The zero-order chi connectivity index (χ0) is 9.68. The Kier molecular flexibility index (Phi) is 4.31. The smallest absolute Gasteiger partial charge is 0.0336 e. The summed E-state index contributed by atoms with van der Waals surface area (Å²) >= 11 is 6.05. The molecule has 1 unspecified atom stereocenters. The highest BCUT2D eigenvalue weighted by atomic mass is 35.5. The first-order valence-corrected chi connectivity index (χ1v) is 5.35. The molecule has 0 aliphatic carbocycles. The Morgan fingerprint density at radius 1 is 1.23 bits per heavy atom. The molecule has 0 N–H and O–H groups in total. The van der Waals surface area contributed by atoms with E-state index in [1.54, 1.807) is 0 Å². The molecule has 1 heteroatoms. The third kappa shape index (κ3) is 3.82. The lowest BCUT2D eigenvalue weighted by atomic mass is 10.1. The molecule has 1 atom stereocenters. The fourth-order valence-corrected chi connectivity index (χ4v) is 1.39. The first kappa shape index (κ1) is 10.6. The molecule has 0 bridgehead atoms. The van der Waals surface area contributed by atoms with Crippen LogP contribution in [-0.4, -0.2) is 5.38 Å². The van der Waals surface area contributed by atoms with Crippen molar-refractivity contribution >= 4 is 11.6 Å². The molecule has 1 aromatic rings. The fourth-order valence-electron chi connectivity index (χ4n) is 1.28. The van der Waals surface area contributed by atoms with Gasteiger partial charge in [-0.15, -0.1) is 11.6 Å². The maximum Gasteiger partial charge on any atom is 0.0336 e. The van der Waals surface area contributed by atoms with Crippen molar-refractivity contribution in [3.63, 3.8) is 0 Å². The third-order valence-corrected chi connectivity index (χ3v) is 2.84. The van der Waals surface area contributed by atoms with Gasteiger partial charge in [0.25, 0.3) is 0 Å². The Balaban J connectivity index is 2.41. The van der Waals surface area contributed by atoms with Gasteiger partial charge in [0, 0.05) is 5.38 Å². The Morgan fingerprint density at radius 3 is 2.38 bits per heavy atom. The van der Waals surface area contributed by atoms with Gasteiger partial charge in [0.1, 0.15) is 0 Å². The van der Waals surface area contributed by atoms with E-state index in [-0.39, 0.29) is 0 Å². The summed E-state index contributed by atoms with van der Waals surface area (Å²) in [5, 5.41) is 0.335. The van der Waals surface area contributed by atoms with Crippen LogP contribution in [0.3, 0.4) is 0 Å². The summed E-state index contributed by atoms with van der Waals surface area (Å²) in [4.78, 5) is 0. The molecule has 0 aliphatic rings. The first-order valence-electron chi connectivity index (χ1n) is 4.92. The van der Waals surface area contributed by atoms with Crippen LogP contribution in [-0.2, 0) is 6.42 Å². The highest BCUT2D eigenvalue weighted by molar-refractivity contribution is 6.20. The van der Waals surface area contributed by atoms with E-state index in [1.807, 2.05) is 0 Å². The quantitative estimate of drug-likeness (QED) is 0.640. The van der Waals surface area contributed by atoms with Crippen LogP contribution in [0.2, 0.25) is 0 Å². The van der Waals surface area contributed by atoms with Gasteiger partial charge in [-0.3, -0.25) is 0 Å². The maximum atomic E-state index is 6.05. The van der Waals surface area contributed by atoms with Crippen LogP contribution in [0.1, 0.15) is 30.9 Å². The third-order valence-electron chi connectivity index (χ3n) is 2.31. The van der Waals surface area contributed by atoms with E-state index in [9.17, 15) is 0 Å². The maximum absolute atomic E-state index is 6.05. The molecule has 72 valence electrons. The lowest BCUT2D eigenvalue weighted by Crippen LogP contribution is -1.98. The summed E-state index contributed by atoms with van der Waals surface area (Å²) in [5.41, 5.74) is 2.71. The SMILES string of the molecule is CCC(Cl)CCc1ccc(C)cc1. The standard InChI is InChI=1S/C12H17Cl/c1-3-12(13)9-8-11-6-4-10(2)5-7-11/h4-7,12H,3,8-9H2,1-2H3. The van der Waals surface area contributed by atoms with Gasteiger partial charge in [0.2, 0.25) is 0 Å². The topological polar surface area (TPSA) is 0 Å². The van der Waals surface area contributed by atoms with Gasteiger partial charge in [-0.05, 0) is 31.7 Å². The summed E-state index contributed by atoms with van der Waals surface area (Å²) in [7, 11) is 0. The van der Waals surface area contributed by atoms with E-state index < -0.39 is 0 Å². The van der Waals surface area contributed by atoms with Crippen LogP contribution in [0, 0.1) is 6.92 Å². The van der Waals surface area contributed by atoms with Gasteiger partial charge in [-0.1, -0.05) is 36.8 Å². The summed E-state index contributed by atoms with van der Waals surface area (Å²) in [6, 6.07) is 8.69. The lowest BCUT2D eigenvalue weighted by molar-refractivity contribution is 0.727. The molecule has 0 spiro atoms. The molecular weight excluding hydrogens is 180 g/mol. The second-order valence-corrected chi connectivity index (χ2v) is 4.15. The minimum atomic E-state index is 0.335. The van der Waals surface area contributed by atoms with Gasteiger partial charge in [-0.25, -0.2) is 0 Å². The summed E-state index contributed by atoms with van der Waals surface area (Å²) in [6.07, 6.45) is 3.25. The number of hydrogen-bond acceptors (Lipinski definition) is 0. The summed E-state index contributed by atoms with van der Waals surface area (Å²) < 4.78 is 0. The molecule has 0 saturated heterocycles. The van der Waals surface area contributed by atoms with Crippen molar-refractivity contribution in [2.75, 3.05) is 0 Å². The molecule has 0 saturated carbocycles. The molecule has 0 nitrogen and oxygen atoms in total. The van der Waals surface area contributed by atoms with Crippen LogP contribution in [0.15, 0.2) is 24.3 Å². The van der Waals surface area contributed by atoms with Crippen molar-refractivity contribution in [1.29, 1.82) is 0 Å². The molecular formula is C12H17Cl. The molecule has 0 aliphatic heterocycles. The summed E-state index contributed by atoms with van der Waals surface area (Å²) in [6.45, 7) is 4.24. The van der Waals surface area contributed by atoms with Crippen molar-refractivity contribution in [1.82, 2.24) is 0 Å². The number of benzene rings is 1. The molecule has 13 heavy (non-hydrogen) atoms. The van der Waals surface area contributed by atoms with Crippen LogP contribution in [0.4, 0.5) is 0 Å². The van der Waals surface area contributed by atoms with Crippen LogP contribution in [0.5, 0.6) is 0 Å². The van der Waals surface area contributed by atoms with E-state index in [4.69, 9.17) is 11.6 Å². The van der Waals surface area contributed by atoms with Crippen molar-refractivity contribution in [3.8, 4) is 0 Å². The number of aryl methyl sites for hydroxylation is 2. The van der Waals surface area contributed by atoms with Gasteiger partial charge in [0.05, 0.1) is 0 Å². The Bertz CT molecular complexity index is 238. The zero-order valence-corrected chi connectivity index (χ0v) is 9.14. The van der Waals surface area contributed by atoms with Crippen LogP contribution in [0.25, 0.3) is 0 Å². The normalized spacial score (nSPS) is 12.8. The largest absolute Gasteiger partial charge is 0.123 e. The fraction of sp³-hybridized carbons (Fsp3) is 0.500. The predicted molar refractivity (Wildman–Crippen MR) is 59.4 cm³/mol. The second kappa shape index (κ2) is 5.29. The average molecular weight is 197 g/mol. The Hall–Kier alpha value is -0.490. The molecule has 0 amide bonds. The second-order valence-electron chi connectivity index (χ2n) is 3.53. The Labute approximate surface area is 85.9 Å². The van der Waals surface area contributed by atoms with Gasteiger partial charge >= 0.3 is 0 Å². The molecule has 0 radical (unpaired) electrons. The van der Waals surface area contributed by atoms with E-state index in [1.165, 1.54) is 11.1 Å². The number of halogens is 1. The van der Waals surface area contributed by atoms with E-state index in [2.05, 4.69) is 38.1 Å². The summed E-state index contributed by atoms with van der Waals surface area (Å²) in [5.74, 6) is 0. The molecule has 0 aromatic heterocycles. The van der Waals surface area contributed by atoms with Crippen molar-refractivity contribution in [2.45, 2.75) is 38.5 Å². The van der Waals surface area contributed by atoms with Crippen molar-refractivity contribution in [3.05, 3.63) is 35.4 Å². The molecule has 0 fully saturated rings. The number of rotatable bonds is 4. The van der Waals surface area contributed by atoms with Crippen LogP contribution < -0.4 is 0 Å². The minimum Gasteiger partial charge on any atom is -0.123 e. The van der Waals surface area contributed by atoms with Gasteiger partial charge in [-0.2, -0.15) is 0 Å².